The number of hydrogen-bond acceptors (Lipinski definition) is 4. The first-order chi connectivity index (χ1) is 14.0. The summed E-state index contributed by atoms with van der Waals surface area (Å²) in [4.78, 5) is 16.7. The van der Waals surface area contributed by atoms with Gasteiger partial charge in [0.25, 0.3) is 5.91 Å². The molecule has 0 spiro atoms. The van der Waals surface area contributed by atoms with Gasteiger partial charge in [0.2, 0.25) is 0 Å². The van der Waals surface area contributed by atoms with Gasteiger partial charge >= 0.3 is 12.5 Å². The predicted molar refractivity (Wildman–Crippen MR) is 91.0 cm³/mol. The Morgan fingerprint density at radius 3 is 2.33 bits per heavy atom. The molecular formula is C18H12F6N4O2. The molecule has 4 rings (SSSR count). The van der Waals surface area contributed by atoms with E-state index >= 15 is 0 Å². The summed E-state index contributed by atoms with van der Waals surface area (Å²) in [6, 6.07) is 5.23. The molecule has 0 bridgehead atoms. The van der Waals surface area contributed by atoms with Gasteiger partial charge in [-0.2, -0.15) is 18.3 Å². The molecular weight excluding hydrogens is 418 g/mol. The Kier molecular flexibility index (Phi) is 4.59. The number of carbonyl (C=O) groups is 1. The molecule has 1 amide bonds. The fourth-order valence-corrected chi connectivity index (χ4v) is 2.87. The lowest BCUT2D eigenvalue weighted by atomic mass is 10.2. The number of nitrogens with zero attached hydrogens (tertiary/aromatic N) is 3. The predicted octanol–water partition coefficient (Wildman–Crippen LogP) is 4.78. The average Bonchev–Trinajstić information content (AvgIpc) is 3.39. The highest BCUT2D eigenvalue weighted by Gasteiger charge is 2.38. The van der Waals surface area contributed by atoms with E-state index in [1.165, 1.54) is 0 Å². The van der Waals surface area contributed by atoms with E-state index in [-0.39, 0.29) is 28.5 Å². The van der Waals surface area contributed by atoms with Crippen LogP contribution in [0.15, 0.2) is 36.5 Å². The smallest absolute Gasteiger partial charge is 0.406 e. The van der Waals surface area contributed by atoms with E-state index in [4.69, 9.17) is 0 Å². The quantitative estimate of drug-likeness (QED) is 0.606. The Bertz CT molecular complexity index is 1100. The van der Waals surface area contributed by atoms with Crippen molar-refractivity contribution in [3.05, 3.63) is 53.5 Å². The van der Waals surface area contributed by atoms with Crippen LogP contribution in [0.1, 0.15) is 40.5 Å². The maximum atomic E-state index is 13.4. The molecule has 0 aliphatic heterocycles. The molecule has 158 valence electrons. The number of nitrogens with one attached hydrogen (secondary N) is 1. The Morgan fingerprint density at radius 1 is 1.10 bits per heavy atom. The van der Waals surface area contributed by atoms with Gasteiger partial charge in [-0.1, -0.05) is 0 Å². The highest BCUT2D eigenvalue weighted by molar-refractivity contribution is 6.08. The van der Waals surface area contributed by atoms with Crippen molar-refractivity contribution in [3.8, 4) is 5.75 Å². The van der Waals surface area contributed by atoms with E-state index in [1.807, 2.05) is 0 Å². The number of anilines is 1. The second-order valence-corrected chi connectivity index (χ2v) is 6.66. The van der Waals surface area contributed by atoms with Crippen LogP contribution in [0.3, 0.4) is 0 Å². The minimum Gasteiger partial charge on any atom is -0.406 e. The van der Waals surface area contributed by atoms with Crippen molar-refractivity contribution >= 4 is 17.2 Å². The number of aromatic nitrogens is 3. The number of halogens is 6. The van der Waals surface area contributed by atoms with Gasteiger partial charge < -0.3 is 10.1 Å². The van der Waals surface area contributed by atoms with Crippen LogP contribution >= 0.6 is 0 Å². The van der Waals surface area contributed by atoms with Gasteiger partial charge in [0.05, 0.1) is 6.20 Å². The second kappa shape index (κ2) is 6.89. The van der Waals surface area contributed by atoms with Crippen molar-refractivity contribution in [1.82, 2.24) is 14.6 Å². The van der Waals surface area contributed by atoms with E-state index in [0.29, 0.717) is 17.4 Å². The van der Waals surface area contributed by atoms with Gasteiger partial charge in [-0.05, 0) is 43.2 Å². The molecule has 0 atom stereocenters. The summed E-state index contributed by atoms with van der Waals surface area (Å²) < 4.78 is 81.2. The maximum absolute atomic E-state index is 13.4. The summed E-state index contributed by atoms with van der Waals surface area (Å²) >= 11 is 0. The van der Waals surface area contributed by atoms with E-state index in [0.717, 1.165) is 36.5 Å². The van der Waals surface area contributed by atoms with Crippen LogP contribution in [-0.4, -0.2) is 26.9 Å². The molecule has 1 saturated carbocycles. The van der Waals surface area contributed by atoms with Crippen LogP contribution < -0.4 is 10.1 Å². The monoisotopic (exact) mass is 430 g/mol. The number of alkyl halides is 6. The van der Waals surface area contributed by atoms with Gasteiger partial charge in [0.1, 0.15) is 17.0 Å². The van der Waals surface area contributed by atoms with Crippen molar-refractivity contribution in [3.63, 3.8) is 0 Å². The van der Waals surface area contributed by atoms with Crippen LogP contribution in [-0.2, 0) is 6.18 Å². The highest BCUT2D eigenvalue weighted by Crippen LogP contribution is 2.41. The molecule has 0 radical (unpaired) electrons. The topological polar surface area (TPSA) is 68.5 Å². The lowest BCUT2D eigenvalue weighted by Gasteiger charge is -2.11. The molecule has 30 heavy (non-hydrogen) atoms. The SMILES string of the molecule is O=C(Nc1ccc(OC(F)(F)F)cc1)c1cnn2c(C(F)(F)F)cc(C3CC3)nc12. The number of rotatable bonds is 4. The lowest BCUT2D eigenvalue weighted by molar-refractivity contribution is -0.274. The van der Waals surface area contributed by atoms with Gasteiger partial charge in [-0.15, -0.1) is 13.2 Å². The summed E-state index contributed by atoms with van der Waals surface area (Å²) in [6.45, 7) is 0. The Hall–Kier alpha value is -3.31. The molecule has 2 heterocycles. The molecule has 6 nitrogen and oxygen atoms in total. The van der Waals surface area contributed by atoms with Crippen molar-refractivity contribution in [2.45, 2.75) is 31.3 Å². The largest absolute Gasteiger partial charge is 0.573 e. The molecule has 0 saturated heterocycles. The number of benzene rings is 1. The number of ether oxygens (including phenoxy) is 1. The third-order valence-corrected chi connectivity index (χ3v) is 4.37. The molecule has 0 unspecified atom stereocenters. The molecule has 12 heteroatoms. The standard InChI is InChI=1S/C18H12F6N4O2/c19-17(20,21)14-7-13(9-1-2-9)27-15-12(8-25-28(14)15)16(29)26-10-3-5-11(6-4-10)30-18(22,23)24/h3-9H,1-2H2,(H,26,29). The zero-order valence-electron chi connectivity index (χ0n) is 14.9. The number of fused-ring (bicyclic) bond motifs is 1. The lowest BCUT2D eigenvalue weighted by Crippen LogP contribution is -2.17. The molecule has 1 aliphatic rings. The van der Waals surface area contributed by atoms with Gasteiger partial charge in [-0.25, -0.2) is 9.50 Å². The summed E-state index contributed by atoms with van der Waals surface area (Å²) in [7, 11) is 0. The molecule has 1 fully saturated rings. The first-order valence-corrected chi connectivity index (χ1v) is 8.64. The number of hydrogen-bond donors (Lipinski definition) is 1. The van der Waals surface area contributed by atoms with E-state index in [1.54, 1.807) is 0 Å². The van der Waals surface area contributed by atoms with Gasteiger partial charge in [-0.3, -0.25) is 4.79 Å². The van der Waals surface area contributed by atoms with Crippen molar-refractivity contribution in [1.29, 1.82) is 0 Å². The van der Waals surface area contributed by atoms with Crippen molar-refractivity contribution in [2.75, 3.05) is 5.32 Å². The molecule has 3 aromatic rings. The molecule has 1 aliphatic carbocycles. The molecule has 2 aromatic heterocycles. The summed E-state index contributed by atoms with van der Waals surface area (Å²) in [6.07, 6.45) is -7.17. The first kappa shape index (κ1) is 20.0. The normalized spacial score (nSPS) is 14.7. The van der Waals surface area contributed by atoms with E-state index in [9.17, 15) is 31.1 Å². The number of amides is 1. The first-order valence-electron chi connectivity index (χ1n) is 8.64. The fraction of sp³-hybridized carbons (Fsp3) is 0.278. The van der Waals surface area contributed by atoms with Crippen LogP contribution in [0.4, 0.5) is 32.0 Å². The Morgan fingerprint density at radius 2 is 1.77 bits per heavy atom. The van der Waals surface area contributed by atoms with E-state index in [2.05, 4.69) is 20.1 Å². The zero-order valence-corrected chi connectivity index (χ0v) is 14.9. The van der Waals surface area contributed by atoms with E-state index < -0.39 is 29.9 Å². The second-order valence-electron chi connectivity index (χ2n) is 6.66. The highest BCUT2D eigenvalue weighted by atomic mass is 19.4. The third kappa shape index (κ3) is 4.16. The Labute approximate surface area is 164 Å². The zero-order chi connectivity index (χ0) is 21.7. The van der Waals surface area contributed by atoms with Gasteiger partial charge in [0.15, 0.2) is 5.65 Å². The van der Waals surface area contributed by atoms with Crippen LogP contribution in [0, 0.1) is 0 Å². The van der Waals surface area contributed by atoms with Crippen LogP contribution in [0.2, 0.25) is 0 Å². The summed E-state index contributed by atoms with van der Waals surface area (Å²) in [5, 5.41) is 6.05. The number of carbonyl (C=O) groups excluding carboxylic acids is 1. The van der Waals surface area contributed by atoms with Gasteiger partial charge in [0, 0.05) is 17.3 Å². The van der Waals surface area contributed by atoms with Crippen LogP contribution in [0.5, 0.6) is 5.75 Å². The van der Waals surface area contributed by atoms with Crippen LogP contribution in [0.25, 0.3) is 5.65 Å². The minimum atomic E-state index is -4.86. The third-order valence-electron chi connectivity index (χ3n) is 4.37. The maximum Gasteiger partial charge on any atom is 0.573 e. The molecule has 1 aromatic carbocycles. The molecule has 1 N–H and O–H groups in total. The minimum absolute atomic E-state index is 0.0944. The van der Waals surface area contributed by atoms with Crippen molar-refractivity contribution in [2.24, 2.45) is 0 Å². The Balaban J connectivity index is 1.63. The fourth-order valence-electron chi connectivity index (χ4n) is 2.87. The summed E-state index contributed by atoms with van der Waals surface area (Å²) in [5.74, 6) is -1.38. The van der Waals surface area contributed by atoms with Crippen molar-refractivity contribution < 1.29 is 35.9 Å². The summed E-state index contributed by atoms with van der Waals surface area (Å²) in [5.41, 5.74) is -1.14. The average molecular weight is 430 g/mol.